The molecule has 29 heavy (non-hydrogen) atoms. The summed E-state index contributed by atoms with van der Waals surface area (Å²) in [7, 11) is -6.47. The molecule has 3 aromatic rings. The van der Waals surface area contributed by atoms with Crippen molar-refractivity contribution in [3.63, 3.8) is 0 Å². The molecule has 11 heteroatoms. The molecule has 0 amide bonds. The summed E-state index contributed by atoms with van der Waals surface area (Å²) in [6, 6.07) is 8.81. The maximum Gasteiger partial charge on any atom is 0.264 e. The zero-order valence-corrected chi connectivity index (χ0v) is 19.0. The third-order valence-electron chi connectivity index (χ3n) is 4.31. The lowest BCUT2D eigenvalue weighted by Crippen LogP contribution is -2.28. The van der Waals surface area contributed by atoms with E-state index in [0.29, 0.717) is 21.8 Å². The number of nitrogens with zero attached hydrogens (tertiary/aromatic N) is 2. The van der Waals surface area contributed by atoms with Crippen LogP contribution >= 0.6 is 22.9 Å². The quantitative estimate of drug-likeness (QED) is 0.585. The minimum atomic E-state index is -3.94. The highest BCUT2D eigenvalue weighted by Crippen LogP contribution is 2.33. The van der Waals surface area contributed by atoms with Crippen LogP contribution in [0.4, 0.5) is 10.8 Å². The SMILES string of the molecule is Cc1ccc(S(=O)(=O)Nc2nccs2)c(C)c1N(C)S(=O)(=O)c1ccc(Cl)cc1. The molecule has 1 N–H and O–H groups in total. The number of sulfonamides is 2. The van der Waals surface area contributed by atoms with Crippen LogP contribution in [0, 0.1) is 13.8 Å². The molecule has 0 radical (unpaired) electrons. The van der Waals surface area contributed by atoms with Crippen molar-refractivity contribution in [1.82, 2.24) is 4.98 Å². The predicted molar refractivity (Wildman–Crippen MR) is 116 cm³/mol. The second-order valence-corrected chi connectivity index (χ2v) is 11.2. The summed E-state index contributed by atoms with van der Waals surface area (Å²) in [5, 5.41) is 2.30. The standard InChI is InChI=1S/C18H18ClN3O4S3/c1-12-4-9-16(28(23,24)21-18-20-10-11-27-18)13(2)17(12)22(3)29(25,26)15-7-5-14(19)6-8-15/h4-11H,1-3H3,(H,20,21). The lowest BCUT2D eigenvalue weighted by molar-refractivity contribution is 0.593. The lowest BCUT2D eigenvalue weighted by Gasteiger charge is -2.25. The number of rotatable bonds is 6. The van der Waals surface area contributed by atoms with Gasteiger partial charge in [0.15, 0.2) is 5.13 Å². The Morgan fingerprint density at radius 1 is 1.03 bits per heavy atom. The summed E-state index contributed by atoms with van der Waals surface area (Å²) in [5.74, 6) is 0. The highest BCUT2D eigenvalue weighted by molar-refractivity contribution is 7.93. The van der Waals surface area contributed by atoms with Crippen molar-refractivity contribution in [2.45, 2.75) is 23.6 Å². The van der Waals surface area contributed by atoms with Crippen molar-refractivity contribution < 1.29 is 16.8 Å². The fourth-order valence-corrected chi connectivity index (χ4v) is 6.40. The van der Waals surface area contributed by atoms with Crippen molar-refractivity contribution in [3.05, 3.63) is 64.1 Å². The van der Waals surface area contributed by atoms with E-state index in [4.69, 9.17) is 11.6 Å². The van der Waals surface area contributed by atoms with Crippen LogP contribution in [-0.2, 0) is 20.0 Å². The van der Waals surface area contributed by atoms with Gasteiger partial charge in [-0.3, -0.25) is 9.03 Å². The molecule has 0 aliphatic carbocycles. The van der Waals surface area contributed by atoms with E-state index in [-0.39, 0.29) is 14.9 Å². The molecule has 0 atom stereocenters. The Balaban J connectivity index is 2.08. The van der Waals surface area contributed by atoms with Gasteiger partial charge in [-0.25, -0.2) is 21.8 Å². The molecule has 0 unspecified atom stereocenters. The van der Waals surface area contributed by atoms with Gasteiger partial charge in [-0.2, -0.15) is 0 Å². The van der Waals surface area contributed by atoms with Crippen LogP contribution in [0.5, 0.6) is 0 Å². The van der Waals surface area contributed by atoms with E-state index in [1.807, 2.05) is 0 Å². The van der Waals surface area contributed by atoms with Gasteiger partial charge in [0, 0.05) is 23.6 Å². The van der Waals surface area contributed by atoms with Crippen molar-refractivity contribution in [3.8, 4) is 0 Å². The highest BCUT2D eigenvalue weighted by atomic mass is 35.5. The van der Waals surface area contributed by atoms with Gasteiger partial charge in [0.2, 0.25) is 0 Å². The van der Waals surface area contributed by atoms with E-state index in [1.165, 1.54) is 43.6 Å². The third-order valence-corrected chi connectivity index (χ3v) is 8.64. The molecule has 3 rings (SSSR count). The van der Waals surface area contributed by atoms with E-state index in [1.54, 1.807) is 25.3 Å². The molecule has 7 nitrogen and oxygen atoms in total. The van der Waals surface area contributed by atoms with E-state index in [2.05, 4.69) is 9.71 Å². The number of halogens is 1. The predicted octanol–water partition coefficient (Wildman–Crippen LogP) is 4.04. The van der Waals surface area contributed by atoms with Gasteiger partial charge in [0.1, 0.15) is 0 Å². The van der Waals surface area contributed by atoms with Crippen LogP contribution in [0.2, 0.25) is 5.02 Å². The number of benzene rings is 2. The van der Waals surface area contributed by atoms with Crippen molar-refractivity contribution in [2.24, 2.45) is 0 Å². The molecule has 0 bridgehead atoms. The molecule has 1 aromatic heterocycles. The summed E-state index contributed by atoms with van der Waals surface area (Å²) < 4.78 is 55.3. The zero-order chi connectivity index (χ0) is 21.4. The number of aryl methyl sites for hydroxylation is 1. The monoisotopic (exact) mass is 471 g/mol. The lowest BCUT2D eigenvalue weighted by atomic mass is 10.1. The number of hydrogen-bond acceptors (Lipinski definition) is 6. The Kier molecular flexibility index (Phi) is 5.91. The summed E-state index contributed by atoms with van der Waals surface area (Å²) in [4.78, 5) is 3.96. The molecule has 0 saturated heterocycles. The summed E-state index contributed by atoms with van der Waals surface area (Å²) >= 11 is 7.00. The van der Waals surface area contributed by atoms with Gasteiger partial charge < -0.3 is 0 Å². The normalized spacial score (nSPS) is 12.0. The third kappa shape index (κ3) is 4.25. The summed E-state index contributed by atoms with van der Waals surface area (Å²) in [5.41, 5.74) is 1.23. The molecule has 0 spiro atoms. The molecule has 1 heterocycles. The van der Waals surface area contributed by atoms with Crippen LogP contribution in [0.25, 0.3) is 0 Å². The van der Waals surface area contributed by atoms with Crippen molar-refractivity contribution in [1.29, 1.82) is 0 Å². The first kappa shape index (κ1) is 21.6. The average Bonchev–Trinajstić information content (AvgIpc) is 3.14. The van der Waals surface area contributed by atoms with E-state index in [9.17, 15) is 16.8 Å². The van der Waals surface area contributed by atoms with Gasteiger partial charge >= 0.3 is 0 Å². The number of thiazole rings is 1. The van der Waals surface area contributed by atoms with Gasteiger partial charge in [-0.05, 0) is 55.3 Å². The maximum absolute atomic E-state index is 13.1. The van der Waals surface area contributed by atoms with Gasteiger partial charge in [0.25, 0.3) is 20.0 Å². The number of nitrogens with one attached hydrogen (secondary N) is 1. The molecule has 0 aliphatic heterocycles. The molecule has 0 saturated carbocycles. The number of hydrogen-bond donors (Lipinski definition) is 1. The average molecular weight is 472 g/mol. The van der Waals surface area contributed by atoms with Crippen LogP contribution in [-0.4, -0.2) is 28.9 Å². The zero-order valence-electron chi connectivity index (χ0n) is 15.7. The van der Waals surface area contributed by atoms with Gasteiger partial charge in [-0.15, -0.1) is 11.3 Å². The van der Waals surface area contributed by atoms with Crippen LogP contribution in [0.1, 0.15) is 11.1 Å². The topological polar surface area (TPSA) is 96.4 Å². The van der Waals surface area contributed by atoms with Crippen molar-refractivity contribution in [2.75, 3.05) is 16.1 Å². The summed E-state index contributed by atoms with van der Waals surface area (Å²) in [6.45, 7) is 3.30. The molecule has 154 valence electrons. The van der Waals surface area contributed by atoms with Crippen LogP contribution in [0.15, 0.2) is 57.8 Å². The molecule has 0 fully saturated rings. The summed E-state index contributed by atoms with van der Waals surface area (Å²) in [6.07, 6.45) is 1.49. The molecular formula is C18H18ClN3O4S3. The fourth-order valence-electron chi connectivity index (χ4n) is 2.92. The van der Waals surface area contributed by atoms with Crippen LogP contribution < -0.4 is 9.03 Å². The Bertz CT molecular complexity index is 1240. The Morgan fingerprint density at radius 2 is 1.69 bits per heavy atom. The van der Waals surface area contributed by atoms with E-state index < -0.39 is 20.0 Å². The first-order chi connectivity index (χ1) is 13.5. The van der Waals surface area contributed by atoms with Crippen molar-refractivity contribution >= 4 is 53.8 Å². The minimum absolute atomic E-state index is 0.0218. The highest BCUT2D eigenvalue weighted by Gasteiger charge is 2.28. The second-order valence-electron chi connectivity index (χ2n) is 6.22. The largest absolute Gasteiger partial charge is 0.269 e. The first-order valence-electron chi connectivity index (χ1n) is 8.31. The Hall–Kier alpha value is -2.14. The van der Waals surface area contributed by atoms with Crippen LogP contribution in [0.3, 0.4) is 0 Å². The molecule has 0 aliphatic rings. The fraction of sp³-hybridized carbons (Fsp3) is 0.167. The Morgan fingerprint density at radius 3 is 2.28 bits per heavy atom. The molecular weight excluding hydrogens is 454 g/mol. The van der Waals surface area contributed by atoms with E-state index in [0.717, 1.165) is 15.6 Å². The maximum atomic E-state index is 13.1. The Labute approximate surface area is 179 Å². The van der Waals surface area contributed by atoms with Gasteiger partial charge in [-0.1, -0.05) is 17.7 Å². The number of anilines is 2. The first-order valence-corrected chi connectivity index (χ1v) is 12.5. The molecule has 2 aromatic carbocycles. The second kappa shape index (κ2) is 7.94. The smallest absolute Gasteiger partial charge is 0.264 e. The van der Waals surface area contributed by atoms with Gasteiger partial charge in [0.05, 0.1) is 15.5 Å². The number of aromatic nitrogens is 1. The minimum Gasteiger partial charge on any atom is -0.269 e. The van der Waals surface area contributed by atoms with E-state index >= 15 is 0 Å².